The standard InChI is InChI=1S/C21H26N6O3/c1-20(29)5-9-26(10-6-20)16-2-3-17(24-13-16)25-18-12-15(4-8-23-18)27-11-7-21(30,14-22)19(27)28/h2-4,8,12-14,22,29-30H,5-7,9-11H2,1H3,(H,23,24,25)/t21-/m0/s1. The van der Waals surface area contributed by atoms with Gasteiger partial charge in [0.2, 0.25) is 0 Å². The third-order valence-corrected chi connectivity index (χ3v) is 5.84. The van der Waals surface area contributed by atoms with Gasteiger partial charge in [0, 0.05) is 50.2 Å². The molecule has 4 N–H and O–H groups in total. The van der Waals surface area contributed by atoms with Gasteiger partial charge >= 0.3 is 0 Å². The number of pyridine rings is 2. The van der Waals surface area contributed by atoms with E-state index in [1.807, 2.05) is 19.1 Å². The van der Waals surface area contributed by atoms with E-state index in [0.717, 1.165) is 37.8 Å². The molecule has 2 aromatic heterocycles. The van der Waals surface area contributed by atoms with E-state index in [-0.39, 0.29) is 6.42 Å². The molecule has 2 aromatic rings. The van der Waals surface area contributed by atoms with Crippen molar-refractivity contribution >= 4 is 35.1 Å². The molecular weight excluding hydrogens is 384 g/mol. The molecule has 1 amide bonds. The third-order valence-electron chi connectivity index (χ3n) is 5.84. The number of aliphatic hydroxyl groups is 2. The molecule has 0 saturated carbocycles. The Morgan fingerprint density at radius 1 is 1.07 bits per heavy atom. The Morgan fingerprint density at radius 2 is 1.83 bits per heavy atom. The maximum absolute atomic E-state index is 12.4. The van der Waals surface area contributed by atoms with Crippen LogP contribution in [0.2, 0.25) is 0 Å². The van der Waals surface area contributed by atoms with Gasteiger partial charge in [-0.3, -0.25) is 4.79 Å². The Kier molecular flexibility index (Phi) is 5.17. The van der Waals surface area contributed by atoms with Crippen LogP contribution in [0.15, 0.2) is 36.7 Å². The molecule has 4 rings (SSSR count). The lowest BCUT2D eigenvalue weighted by atomic mass is 9.94. The number of hydrogen-bond acceptors (Lipinski definition) is 8. The van der Waals surface area contributed by atoms with Gasteiger partial charge in [0.05, 0.1) is 17.5 Å². The van der Waals surface area contributed by atoms with E-state index >= 15 is 0 Å². The molecule has 4 heterocycles. The van der Waals surface area contributed by atoms with Crippen LogP contribution in [0.1, 0.15) is 26.2 Å². The van der Waals surface area contributed by atoms with E-state index in [1.54, 1.807) is 24.5 Å². The van der Waals surface area contributed by atoms with E-state index < -0.39 is 17.1 Å². The van der Waals surface area contributed by atoms with Gasteiger partial charge in [-0.05, 0) is 38.0 Å². The Labute approximate surface area is 174 Å². The van der Waals surface area contributed by atoms with Crippen LogP contribution >= 0.6 is 0 Å². The zero-order valence-electron chi connectivity index (χ0n) is 16.9. The summed E-state index contributed by atoms with van der Waals surface area (Å²) in [5.41, 5.74) is -0.706. The predicted molar refractivity (Wildman–Crippen MR) is 115 cm³/mol. The number of nitrogens with one attached hydrogen (secondary N) is 2. The summed E-state index contributed by atoms with van der Waals surface area (Å²) in [7, 11) is 0. The molecule has 30 heavy (non-hydrogen) atoms. The van der Waals surface area contributed by atoms with Crippen molar-refractivity contribution in [2.75, 3.05) is 34.8 Å². The summed E-state index contributed by atoms with van der Waals surface area (Å²) in [5, 5.41) is 30.7. The number of nitrogens with zero attached hydrogens (tertiary/aromatic N) is 4. The minimum absolute atomic E-state index is 0.190. The highest BCUT2D eigenvalue weighted by Crippen LogP contribution is 2.29. The average molecular weight is 410 g/mol. The summed E-state index contributed by atoms with van der Waals surface area (Å²) in [5.74, 6) is 0.647. The molecule has 0 aliphatic carbocycles. The fraction of sp³-hybridized carbons (Fsp3) is 0.429. The number of rotatable bonds is 5. The molecule has 0 spiro atoms. The smallest absolute Gasteiger partial charge is 0.264 e. The van der Waals surface area contributed by atoms with Crippen molar-refractivity contribution in [1.29, 1.82) is 5.41 Å². The van der Waals surface area contributed by atoms with Crippen molar-refractivity contribution in [3.63, 3.8) is 0 Å². The monoisotopic (exact) mass is 410 g/mol. The van der Waals surface area contributed by atoms with Gasteiger partial charge < -0.3 is 30.7 Å². The summed E-state index contributed by atoms with van der Waals surface area (Å²) in [4.78, 5) is 24.8. The van der Waals surface area contributed by atoms with Crippen LogP contribution in [0.4, 0.5) is 23.0 Å². The van der Waals surface area contributed by atoms with Crippen molar-refractivity contribution in [3.05, 3.63) is 36.7 Å². The number of hydrogen-bond donors (Lipinski definition) is 4. The Bertz CT molecular complexity index is 938. The SMILES string of the molecule is CC1(O)CCN(c2ccc(Nc3cc(N4CC[C@](O)(C=N)C4=O)ccn3)nc2)CC1. The van der Waals surface area contributed by atoms with Crippen LogP contribution < -0.4 is 15.1 Å². The molecule has 0 bridgehead atoms. The van der Waals surface area contributed by atoms with Crippen LogP contribution in [-0.4, -0.2) is 63.1 Å². The van der Waals surface area contributed by atoms with Crippen LogP contribution in [0.3, 0.4) is 0 Å². The maximum Gasteiger partial charge on any atom is 0.264 e. The Hall–Kier alpha value is -3.04. The largest absolute Gasteiger partial charge is 0.390 e. The Morgan fingerprint density at radius 3 is 2.47 bits per heavy atom. The third kappa shape index (κ3) is 3.99. The van der Waals surface area contributed by atoms with Crippen LogP contribution in [-0.2, 0) is 4.79 Å². The second-order valence-corrected chi connectivity index (χ2v) is 8.19. The fourth-order valence-electron chi connectivity index (χ4n) is 3.79. The van der Waals surface area contributed by atoms with Crippen molar-refractivity contribution in [1.82, 2.24) is 9.97 Å². The highest BCUT2D eigenvalue weighted by atomic mass is 16.3. The molecule has 2 aliphatic heterocycles. The van der Waals surface area contributed by atoms with Crippen LogP contribution in [0.25, 0.3) is 0 Å². The number of aromatic nitrogens is 2. The zero-order valence-corrected chi connectivity index (χ0v) is 16.9. The summed E-state index contributed by atoms with van der Waals surface area (Å²) < 4.78 is 0. The second-order valence-electron chi connectivity index (χ2n) is 8.19. The molecule has 0 radical (unpaired) electrons. The van der Waals surface area contributed by atoms with Crippen molar-refractivity contribution in [3.8, 4) is 0 Å². The van der Waals surface area contributed by atoms with Crippen LogP contribution in [0, 0.1) is 5.41 Å². The summed E-state index contributed by atoms with van der Waals surface area (Å²) >= 11 is 0. The first-order valence-electron chi connectivity index (χ1n) is 10.0. The molecular formula is C21H26N6O3. The molecule has 2 aliphatic rings. The predicted octanol–water partition coefficient (Wildman–Crippen LogP) is 1.69. The number of carbonyl (C=O) groups excluding carboxylic acids is 1. The van der Waals surface area contributed by atoms with Crippen molar-refractivity contribution in [2.45, 2.75) is 37.4 Å². The van der Waals surface area contributed by atoms with Crippen molar-refractivity contribution in [2.24, 2.45) is 0 Å². The van der Waals surface area contributed by atoms with Gasteiger partial charge in [0.15, 0.2) is 5.60 Å². The molecule has 2 saturated heterocycles. The first kappa shape index (κ1) is 20.2. The van der Waals surface area contributed by atoms with Gasteiger partial charge in [0.25, 0.3) is 5.91 Å². The summed E-state index contributed by atoms with van der Waals surface area (Å²) in [6.45, 7) is 3.79. The zero-order chi connectivity index (χ0) is 21.4. The van der Waals surface area contributed by atoms with Gasteiger partial charge in [-0.25, -0.2) is 9.97 Å². The second kappa shape index (κ2) is 7.66. The van der Waals surface area contributed by atoms with Crippen molar-refractivity contribution < 1.29 is 15.0 Å². The molecule has 0 aromatic carbocycles. The lowest BCUT2D eigenvalue weighted by molar-refractivity contribution is -0.127. The number of anilines is 4. The van der Waals surface area contributed by atoms with Gasteiger partial charge in [0.1, 0.15) is 11.6 Å². The quantitative estimate of drug-likeness (QED) is 0.553. The minimum Gasteiger partial charge on any atom is -0.390 e. The van der Waals surface area contributed by atoms with E-state index in [4.69, 9.17) is 5.41 Å². The lowest BCUT2D eigenvalue weighted by Gasteiger charge is -2.36. The van der Waals surface area contributed by atoms with E-state index in [0.29, 0.717) is 23.9 Å². The van der Waals surface area contributed by atoms with E-state index in [9.17, 15) is 15.0 Å². The molecule has 1 atom stereocenters. The van der Waals surface area contributed by atoms with E-state index in [1.165, 1.54) is 4.90 Å². The highest BCUT2D eigenvalue weighted by Gasteiger charge is 2.44. The first-order valence-corrected chi connectivity index (χ1v) is 10.0. The highest BCUT2D eigenvalue weighted by molar-refractivity contribution is 6.11. The molecule has 9 heteroatoms. The summed E-state index contributed by atoms with van der Waals surface area (Å²) in [6, 6.07) is 7.26. The lowest BCUT2D eigenvalue weighted by Crippen LogP contribution is -2.42. The number of carbonyl (C=O) groups is 1. The topological polar surface area (TPSA) is 126 Å². The van der Waals surface area contributed by atoms with Gasteiger partial charge in [-0.1, -0.05) is 0 Å². The maximum atomic E-state index is 12.4. The van der Waals surface area contributed by atoms with Crippen LogP contribution in [0.5, 0.6) is 0 Å². The fourth-order valence-corrected chi connectivity index (χ4v) is 3.79. The molecule has 9 nitrogen and oxygen atoms in total. The molecule has 0 unspecified atom stereocenters. The number of piperidine rings is 1. The average Bonchev–Trinajstić information content (AvgIpc) is 3.04. The molecule has 2 fully saturated rings. The number of amides is 1. The molecule has 158 valence electrons. The summed E-state index contributed by atoms with van der Waals surface area (Å²) in [6.07, 6.45) is 5.82. The first-order chi connectivity index (χ1) is 14.3. The minimum atomic E-state index is -1.73. The normalized spacial score (nSPS) is 23.5. The van der Waals surface area contributed by atoms with E-state index in [2.05, 4.69) is 20.2 Å². The van der Waals surface area contributed by atoms with Gasteiger partial charge in [-0.2, -0.15) is 0 Å². The Balaban J connectivity index is 1.43. The van der Waals surface area contributed by atoms with Gasteiger partial charge in [-0.15, -0.1) is 0 Å².